The maximum Gasteiger partial charge on any atom is 0.325 e. The lowest BCUT2D eigenvalue weighted by Crippen LogP contribution is -2.56. The Hall–Kier alpha value is -2.32. The van der Waals surface area contributed by atoms with Crippen molar-refractivity contribution >= 4 is 11.9 Å². The van der Waals surface area contributed by atoms with Crippen molar-refractivity contribution in [3.8, 4) is 11.5 Å². The normalized spacial score (nSPS) is 26.6. The maximum absolute atomic E-state index is 13.6. The van der Waals surface area contributed by atoms with E-state index >= 15 is 0 Å². The Morgan fingerprint density at radius 1 is 1.09 bits per heavy atom. The molecule has 3 amide bonds. The number of imide groups is 1. The summed E-state index contributed by atoms with van der Waals surface area (Å²) in [6, 6.07) is 5.70. The van der Waals surface area contributed by atoms with Crippen molar-refractivity contribution in [2.24, 2.45) is 5.92 Å². The van der Waals surface area contributed by atoms with Crippen LogP contribution < -0.4 is 14.8 Å². The second-order valence-electron chi connectivity index (χ2n) is 9.47. The van der Waals surface area contributed by atoms with Crippen LogP contribution in [-0.2, 0) is 16.1 Å². The van der Waals surface area contributed by atoms with Gasteiger partial charge in [0.25, 0.3) is 5.91 Å². The first-order chi connectivity index (χ1) is 16.0. The number of ether oxygens (including phenoxy) is 3. The number of amides is 3. The number of benzene rings is 1. The molecule has 1 N–H and O–H groups in total. The Bertz CT molecular complexity index is 826. The predicted molar refractivity (Wildman–Crippen MR) is 124 cm³/mol. The number of likely N-dealkylation sites (tertiary alicyclic amines) is 1. The molecule has 4 rings (SSSR count). The molecule has 0 bridgehead atoms. The smallest absolute Gasteiger partial charge is 0.325 e. The third kappa shape index (κ3) is 4.96. The number of rotatable bonds is 9. The number of methoxy groups -OCH3 is 2. The number of nitrogens with zero attached hydrogens (tertiary/aromatic N) is 2. The van der Waals surface area contributed by atoms with Crippen LogP contribution in [0.4, 0.5) is 4.79 Å². The zero-order valence-corrected chi connectivity index (χ0v) is 20.1. The monoisotopic (exact) mass is 459 g/mol. The van der Waals surface area contributed by atoms with Crippen LogP contribution in [0.1, 0.15) is 51.0 Å². The third-order valence-corrected chi connectivity index (χ3v) is 7.36. The van der Waals surface area contributed by atoms with E-state index in [-0.39, 0.29) is 24.0 Å². The first-order valence-electron chi connectivity index (χ1n) is 12.2. The van der Waals surface area contributed by atoms with Crippen LogP contribution in [0.15, 0.2) is 18.2 Å². The lowest BCUT2D eigenvalue weighted by atomic mass is 9.74. The molecule has 1 aromatic rings. The molecule has 0 aliphatic carbocycles. The fourth-order valence-corrected chi connectivity index (χ4v) is 5.65. The summed E-state index contributed by atoms with van der Waals surface area (Å²) in [5.74, 6) is 1.65. The fraction of sp³-hybridized carbons (Fsp3) is 0.680. The van der Waals surface area contributed by atoms with Gasteiger partial charge in [0.1, 0.15) is 17.0 Å². The minimum absolute atomic E-state index is 0.0289. The molecule has 2 atom stereocenters. The van der Waals surface area contributed by atoms with E-state index in [2.05, 4.69) is 17.1 Å². The van der Waals surface area contributed by atoms with Crippen LogP contribution in [0.3, 0.4) is 0 Å². The molecule has 0 radical (unpaired) electrons. The lowest BCUT2D eigenvalue weighted by molar-refractivity contribution is -0.135. The van der Waals surface area contributed by atoms with Gasteiger partial charge in [-0.15, -0.1) is 0 Å². The zero-order valence-electron chi connectivity index (χ0n) is 20.1. The van der Waals surface area contributed by atoms with Crippen molar-refractivity contribution in [1.82, 2.24) is 15.1 Å². The van der Waals surface area contributed by atoms with Gasteiger partial charge in [-0.2, -0.15) is 0 Å². The first kappa shape index (κ1) is 23.8. The Morgan fingerprint density at radius 2 is 1.79 bits per heavy atom. The molecule has 8 nitrogen and oxygen atoms in total. The predicted octanol–water partition coefficient (Wildman–Crippen LogP) is 3.19. The molecule has 1 aromatic carbocycles. The summed E-state index contributed by atoms with van der Waals surface area (Å²) in [7, 11) is 3.32. The molecule has 33 heavy (non-hydrogen) atoms. The molecule has 0 aromatic heterocycles. The van der Waals surface area contributed by atoms with Crippen molar-refractivity contribution in [3.63, 3.8) is 0 Å². The van der Waals surface area contributed by atoms with E-state index in [4.69, 9.17) is 14.2 Å². The molecule has 3 aliphatic heterocycles. The van der Waals surface area contributed by atoms with Gasteiger partial charge >= 0.3 is 6.03 Å². The first-order valence-corrected chi connectivity index (χ1v) is 12.2. The van der Waals surface area contributed by atoms with Gasteiger partial charge in [-0.25, -0.2) is 4.79 Å². The SMILES string of the molecule is CCCC1(C2CCN(Cc3cc(OC)cc(OC)c3)CC2)NC(=O)N(CC2CCCO2)C1=O. The molecular weight excluding hydrogens is 422 g/mol. The van der Waals surface area contributed by atoms with Gasteiger partial charge in [-0.3, -0.25) is 14.6 Å². The van der Waals surface area contributed by atoms with E-state index in [1.54, 1.807) is 14.2 Å². The van der Waals surface area contributed by atoms with E-state index < -0.39 is 5.54 Å². The molecule has 2 unspecified atom stereocenters. The van der Waals surface area contributed by atoms with Crippen molar-refractivity contribution in [2.75, 3.05) is 40.5 Å². The highest BCUT2D eigenvalue weighted by Crippen LogP contribution is 2.38. The van der Waals surface area contributed by atoms with Crippen molar-refractivity contribution < 1.29 is 23.8 Å². The summed E-state index contributed by atoms with van der Waals surface area (Å²) in [4.78, 5) is 30.2. The Kier molecular flexibility index (Phi) is 7.44. The van der Waals surface area contributed by atoms with Crippen LogP contribution in [0.2, 0.25) is 0 Å². The summed E-state index contributed by atoms with van der Waals surface area (Å²) in [5.41, 5.74) is 0.358. The van der Waals surface area contributed by atoms with Crippen LogP contribution in [0, 0.1) is 5.92 Å². The van der Waals surface area contributed by atoms with Crippen LogP contribution in [-0.4, -0.2) is 73.8 Å². The van der Waals surface area contributed by atoms with Gasteiger partial charge in [0.15, 0.2) is 0 Å². The number of urea groups is 1. The Labute approximate surface area is 196 Å². The highest BCUT2D eigenvalue weighted by molar-refractivity contribution is 6.07. The van der Waals surface area contributed by atoms with Gasteiger partial charge < -0.3 is 19.5 Å². The highest BCUT2D eigenvalue weighted by atomic mass is 16.5. The Morgan fingerprint density at radius 3 is 2.36 bits per heavy atom. The standard InChI is InChI=1S/C25H37N3O5/c1-4-9-25(23(29)28(24(30)26-25)17-20-6-5-12-33-20)19-7-10-27(11-8-19)16-18-13-21(31-2)15-22(14-18)32-3/h13-15,19-20H,4-12,16-17H2,1-3H3,(H,26,30). The van der Waals surface area contributed by atoms with Crippen molar-refractivity contribution in [1.29, 1.82) is 0 Å². The van der Waals surface area contributed by atoms with Gasteiger partial charge in [0, 0.05) is 19.2 Å². The van der Waals surface area contributed by atoms with Gasteiger partial charge in [-0.05, 0) is 68.8 Å². The molecule has 3 fully saturated rings. The van der Waals surface area contributed by atoms with Gasteiger partial charge in [0.2, 0.25) is 0 Å². The lowest BCUT2D eigenvalue weighted by Gasteiger charge is -2.41. The zero-order chi connectivity index (χ0) is 23.4. The van der Waals surface area contributed by atoms with Crippen LogP contribution in [0.25, 0.3) is 0 Å². The molecule has 3 saturated heterocycles. The maximum atomic E-state index is 13.6. The second-order valence-corrected chi connectivity index (χ2v) is 9.47. The van der Waals surface area contributed by atoms with Crippen molar-refractivity contribution in [3.05, 3.63) is 23.8 Å². The number of nitrogens with one attached hydrogen (secondary N) is 1. The van der Waals surface area contributed by atoms with Gasteiger partial charge in [-0.1, -0.05) is 13.3 Å². The second kappa shape index (κ2) is 10.3. The van der Waals surface area contributed by atoms with Crippen molar-refractivity contribution in [2.45, 2.75) is 63.6 Å². The average molecular weight is 460 g/mol. The van der Waals surface area contributed by atoms with E-state index in [1.807, 2.05) is 18.2 Å². The molecule has 3 heterocycles. The van der Waals surface area contributed by atoms with Crippen LogP contribution >= 0.6 is 0 Å². The molecule has 182 valence electrons. The number of piperidine rings is 1. The summed E-state index contributed by atoms with van der Waals surface area (Å²) < 4.78 is 16.5. The quantitative estimate of drug-likeness (QED) is 0.572. The average Bonchev–Trinajstić information content (AvgIpc) is 3.42. The van der Waals surface area contributed by atoms with Gasteiger partial charge in [0.05, 0.1) is 26.9 Å². The number of carbonyl (C=O) groups is 2. The van der Waals surface area contributed by atoms with Crippen LogP contribution in [0.5, 0.6) is 11.5 Å². The number of hydrogen-bond donors (Lipinski definition) is 1. The number of carbonyl (C=O) groups excluding carboxylic acids is 2. The highest BCUT2D eigenvalue weighted by Gasteiger charge is 2.55. The van der Waals surface area contributed by atoms with E-state index in [9.17, 15) is 9.59 Å². The molecular formula is C25H37N3O5. The molecule has 8 heteroatoms. The van der Waals surface area contributed by atoms with E-state index in [0.717, 1.165) is 68.8 Å². The molecule has 3 aliphatic rings. The minimum Gasteiger partial charge on any atom is -0.497 e. The van der Waals surface area contributed by atoms with E-state index in [0.29, 0.717) is 19.6 Å². The largest absolute Gasteiger partial charge is 0.497 e. The fourth-order valence-electron chi connectivity index (χ4n) is 5.65. The topological polar surface area (TPSA) is 80.3 Å². The summed E-state index contributed by atoms with van der Waals surface area (Å²) in [6.07, 6.45) is 5.15. The molecule has 0 saturated carbocycles. The summed E-state index contributed by atoms with van der Waals surface area (Å²) >= 11 is 0. The molecule has 0 spiro atoms. The number of hydrogen-bond acceptors (Lipinski definition) is 6. The third-order valence-electron chi connectivity index (χ3n) is 7.36. The Balaban J connectivity index is 1.41. The van der Waals surface area contributed by atoms with E-state index in [1.165, 1.54) is 4.90 Å². The summed E-state index contributed by atoms with van der Waals surface area (Å²) in [5, 5.41) is 3.14. The summed E-state index contributed by atoms with van der Waals surface area (Å²) in [6.45, 7) is 5.72. The minimum atomic E-state index is -0.782.